The van der Waals surface area contributed by atoms with Crippen LogP contribution in [0.25, 0.3) is 33.2 Å². The third-order valence-electron chi connectivity index (χ3n) is 6.14. The molecule has 1 unspecified atom stereocenters. The molecule has 158 valence electrons. The number of carbonyl (C=O) groups is 1. The number of carbonyl (C=O) groups excluding carboxylic acids is 1. The molecule has 3 aromatic heterocycles. The fourth-order valence-corrected chi connectivity index (χ4v) is 4.21. The number of H-pyrrole nitrogens is 2. The number of pyridine rings is 1. The molecule has 0 aliphatic heterocycles. The fourth-order valence-electron chi connectivity index (χ4n) is 4.21. The zero-order valence-corrected chi connectivity index (χ0v) is 17.6. The van der Waals surface area contributed by atoms with Gasteiger partial charge >= 0.3 is 0 Å². The monoisotopic (exact) mass is 422 g/mol. The van der Waals surface area contributed by atoms with Crippen LogP contribution in [0.4, 0.5) is 0 Å². The second-order valence-corrected chi connectivity index (χ2v) is 8.45. The SMILES string of the molecule is CC(NC(=O)c1nc2cc3c(-c4ccncc4)n[nH]c3cc2[nH]1)c1cccc(C2CC2)c1. The minimum atomic E-state index is -0.221. The summed E-state index contributed by atoms with van der Waals surface area (Å²) in [5.74, 6) is 0.766. The Hall–Kier alpha value is -4.00. The molecule has 2 aromatic carbocycles. The first-order chi connectivity index (χ1) is 15.7. The van der Waals surface area contributed by atoms with E-state index in [0.29, 0.717) is 11.7 Å². The fraction of sp³-hybridized carbons (Fsp3) is 0.200. The lowest BCUT2D eigenvalue weighted by molar-refractivity contribution is 0.0930. The number of aromatic nitrogens is 5. The number of imidazole rings is 1. The van der Waals surface area contributed by atoms with Gasteiger partial charge in [-0.05, 0) is 61.1 Å². The zero-order chi connectivity index (χ0) is 21.7. The first kappa shape index (κ1) is 18.7. The molecule has 1 aliphatic rings. The van der Waals surface area contributed by atoms with E-state index in [1.165, 1.54) is 18.4 Å². The third kappa shape index (κ3) is 3.32. The van der Waals surface area contributed by atoms with Crippen molar-refractivity contribution >= 4 is 27.8 Å². The number of hydrogen-bond acceptors (Lipinski definition) is 4. The smallest absolute Gasteiger partial charge is 0.287 e. The highest BCUT2D eigenvalue weighted by molar-refractivity contribution is 6.02. The van der Waals surface area contributed by atoms with Gasteiger partial charge in [-0.1, -0.05) is 24.3 Å². The summed E-state index contributed by atoms with van der Waals surface area (Å²) in [6, 6.07) is 16.1. The maximum absolute atomic E-state index is 12.9. The molecule has 32 heavy (non-hydrogen) atoms. The predicted octanol–water partition coefficient (Wildman–Crippen LogP) is 4.87. The first-order valence-corrected chi connectivity index (χ1v) is 10.8. The molecule has 7 nitrogen and oxygen atoms in total. The average Bonchev–Trinajstić information content (AvgIpc) is 3.47. The van der Waals surface area contributed by atoms with E-state index >= 15 is 0 Å². The molecular formula is C25H22N6O. The Labute approximate surface area is 184 Å². The maximum Gasteiger partial charge on any atom is 0.287 e. The lowest BCUT2D eigenvalue weighted by atomic mass is 10.0. The molecule has 7 heteroatoms. The van der Waals surface area contributed by atoms with Crippen LogP contribution in [0, 0.1) is 0 Å². The van der Waals surface area contributed by atoms with Gasteiger partial charge in [0.15, 0.2) is 5.82 Å². The Morgan fingerprint density at radius 3 is 2.75 bits per heavy atom. The van der Waals surface area contributed by atoms with E-state index in [9.17, 15) is 4.79 Å². The highest BCUT2D eigenvalue weighted by Crippen LogP contribution is 2.40. The molecule has 1 saturated carbocycles. The third-order valence-corrected chi connectivity index (χ3v) is 6.14. The Morgan fingerprint density at radius 2 is 1.94 bits per heavy atom. The van der Waals surface area contributed by atoms with E-state index in [4.69, 9.17) is 0 Å². The van der Waals surface area contributed by atoms with Crippen LogP contribution in [0.5, 0.6) is 0 Å². The maximum atomic E-state index is 12.9. The van der Waals surface area contributed by atoms with Gasteiger partial charge in [0.2, 0.25) is 0 Å². The summed E-state index contributed by atoms with van der Waals surface area (Å²) >= 11 is 0. The molecule has 0 radical (unpaired) electrons. The standard InChI is InChI=1S/C25H22N6O/c1-14(17-3-2-4-18(11-17)15-5-6-15)27-25(32)24-28-21-12-19-20(13-22(21)29-24)30-31-23(19)16-7-9-26-10-8-16/h2-4,7-15H,5-6H2,1H3,(H,27,32)(H,28,29)(H,30,31). The van der Waals surface area contributed by atoms with E-state index in [0.717, 1.165) is 38.8 Å². The Kier molecular flexibility index (Phi) is 4.28. The minimum Gasteiger partial charge on any atom is -0.343 e. The van der Waals surface area contributed by atoms with E-state index in [-0.39, 0.29) is 11.9 Å². The predicted molar refractivity (Wildman–Crippen MR) is 123 cm³/mol. The van der Waals surface area contributed by atoms with Gasteiger partial charge < -0.3 is 10.3 Å². The summed E-state index contributed by atoms with van der Waals surface area (Å²) in [4.78, 5) is 24.7. The normalized spacial score (nSPS) is 14.7. The van der Waals surface area contributed by atoms with Gasteiger partial charge in [-0.2, -0.15) is 5.10 Å². The summed E-state index contributed by atoms with van der Waals surface area (Å²) in [5.41, 5.74) is 6.67. The number of benzene rings is 2. The van der Waals surface area contributed by atoms with Crippen LogP contribution < -0.4 is 5.32 Å². The molecule has 3 heterocycles. The van der Waals surface area contributed by atoms with Crippen molar-refractivity contribution in [2.75, 3.05) is 0 Å². The number of aromatic amines is 2. The van der Waals surface area contributed by atoms with Crippen molar-refractivity contribution in [3.05, 3.63) is 77.9 Å². The van der Waals surface area contributed by atoms with Gasteiger partial charge in [0.25, 0.3) is 5.91 Å². The van der Waals surface area contributed by atoms with Gasteiger partial charge in [-0.25, -0.2) is 4.98 Å². The quantitative estimate of drug-likeness (QED) is 0.376. The lowest BCUT2D eigenvalue weighted by Gasteiger charge is -2.14. The number of fused-ring (bicyclic) bond motifs is 2. The molecule has 1 aliphatic carbocycles. The van der Waals surface area contributed by atoms with E-state index in [2.05, 4.69) is 54.7 Å². The number of amides is 1. The summed E-state index contributed by atoms with van der Waals surface area (Å²) in [6.07, 6.45) is 6.00. The van der Waals surface area contributed by atoms with Crippen LogP contribution in [0.15, 0.2) is 60.9 Å². The molecule has 5 aromatic rings. The Bertz CT molecular complexity index is 1450. The number of nitrogens with zero attached hydrogens (tertiary/aromatic N) is 3. The first-order valence-electron chi connectivity index (χ1n) is 10.8. The zero-order valence-electron chi connectivity index (χ0n) is 17.6. The molecule has 1 fully saturated rings. The van der Waals surface area contributed by atoms with E-state index in [1.807, 2.05) is 31.2 Å². The molecular weight excluding hydrogens is 400 g/mol. The molecule has 1 amide bonds. The van der Waals surface area contributed by atoms with Crippen molar-refractivity contribution in [3.63, 3.8) is 0 Å². The van der Waals surface area contributed by atoms with E-state index in [1.54, 1.807) is 12.4 Å². The highest BCUT2D eigenvalue weighted by atomic mass is 16.2. The highest BCUT2D eigenvalue weighted by Gasteiger charge is 2.24. The van der Waals surface area contributed by atoms with Gasteiger partial charge in [-0.15, -0.1) is 0 Å². The second kappa shape index (κ2) is 7.30. The van der Waals surface area contributed by atoms with Crippen molar-refractivity contribution in [1.29, 1.82) is 0 Å². The van der Waals surface area contributed by atoms with Crippen molar-refractivity contribution in [2.24, 2.45) is 0 Å². The number of hydrogen-bond donors (Lipinski definition) is 3. The van der Waals surface area contributed by atoms with Crippen LogP contribution >= 0.6 is 0 Å². The van der Waals surface area contributed by atoms with Crippen LogP contribution in [-0.4, -0.2) is 31.1 Å². The largest absolute Gasteiger partial charge is 0.343 e. The summed E-state index contributed by atoms with van der Waals surface area (Å²) in [6.45, 7) is 2.00. The summed E-state index contributed by atoms with van der Waals surface area (Å²) < 4.78 is 0. The molecule has 0 bridgehead atoms. The topological polar surface area (TPSA) is 99.3 Å². The Balaban J connectivity index is 1.28. The lowest BCUT2D eigenvalue weighted by Crippen LogP contribution is -2.27. The molecule has 0 spiro atoms. The van der Waals surface area contributed by atoms with Crippen LogP contribution in [0.1, 0.15) is 53.5 Å². The van der Waals surface area contributed by atoms with Crippen LogP contribution in [0.3, 0.4) is 0 Å². The summed E-state index contributed by atoms with van der Waals surface area (Å²) in [5, 5.41) is 11.5. The van der Waals surface area contributed by atoms with Crippen LogP contribution in [-0.2, 0) is 0 Å². The van der Waals surface area contributed by atoms with E-state index < -0.39 is 0 Å². The van der Waals surface area contributed by atoms with Crippen molar-refractivity contribution in [2.45, 2.75) is 31.7 Å². The van der Waals surface area contributed by atoms with Crippen molar-refractivity contribution < 1.29 is 4.79 Å². The van der Waals surface area contributed by atoms with Gasteiger partial charge in [0.05, 0.1) is 22.6 Å². The average molecular weight is 422 g/mol. The van der Waals surface area contributed by atoms with Gasteiger partial charge in [-0.3, -0.25) is 14.9 Å². The second-order valence-electron chi connectivity index (χ2n) is 8.45. The number of rotatable bonds is 5. The van der Waals surface area contributed by atoms with Gasteiger partial charge in [0, 0.05) is 23.3 Å². The minimum absolute atomic E-state index is 0.105. The van der Waals surface area contributed by atoms with Crippen molar-refractivity contribution in [1.82, 2.24) is 30.5 Å². The molecule has 0 saturated heterocycles. The Morgan fingerprint density at radius 1 is 1.09 bits per heavy atom. The van der Waals surface area contributed by atoms with Gasteiger partial charge in [0.1, 0.15) is 5.69 Å². The molecule has 6 rings (SSSR count). The van der Waals surface area contributed by atoms with Crippen LogP contribution in [0.2, 0.25) is 0 Å². The summed E-state index contributed by atoms with van der Waals surface area (Å²) in [7, 11) is 0. The molecule has 1 atom stereocenters. The van der Waals surface area contributed by atoms with Crippen molar-refractivity contribution in [3.8, 4) is 11.3 Å². The number of nitrogens with one attached hydrogen (secondary N) is 3. The molecule has 3 N–H and O–H groups in total.